The standard InChI is InChI=1S/C14H20ClN3O4S.ClH/c1-14(8-16)4-5-18(9-14)23(20,21)12-6-10(15)2-3-11(12)22-7-13(17)19;/h2-3,6H,4-5,7-9,16H2,1H3,(H2,17,19);1H. The number of ether oxygens (including phenoxy) is 1. The number of hydrogen-bond donors (Lipinski definition) is 2. The molecule has 1 aromatic rings. The van der Waals surface area contributed by atoms with Crippen LogP contribution in [-0.2, 0) is 14.8 Å². The van der Waals surface area contributed by atoms with Crippen LogP contribution in [0.2, 0.25) is 5.02 Å². The van der Waals surface area contributed by atoms with Crippen molar-refractivity contribution in [3.63, 3.8) is 0 Å². The smallest absolute Gasteiger partial charge is 0.255 e. The van der Waals surface area contributed by atoms with Crippen LogP contribution < -0.4 is 16.2 Å². The lowest BCUT2D eigenvalue weighted by Gasteiger charge is -2.23. The van der Waals surface area contributed by atoms with Gasteiger partial charge in [0.15, 0.2) is 6.61 Å². The molecule has 0 aliphatic carbocycles. The number of sulfonamides is 1. The second-order valence-corrected chi connectivity index (χ2v) is 8.29. The molecule has 1 aliphatic rings. The Bertz CT molecular complexity index is 714. The Hall–Kier alpha value is -1.06. The Morgan fingerprint density at radius 1 is 1.46 bits per heavy atom. The van der Waals surface area contributed by atoms with Crippen LogP contribution in [0.25, 0.3) is 0 Å². The van der Waals surface area contributed by atoms with Gasteiger partial charge in [0.25, 0.3) is 5.91 Å². The van der Waals surface area contributed by atoms with Crippen molar-refractivity contribution < 1.29 is 17.9 Å². The summed E-state index contributed by atoms with van der Waals surface area (Å²) in [6, 6.07) is 4.21. The molecule has 10 heteroatoms. The van der Waals surface area contributed by atoms with Gasteiger partial charge in [-0.1, -0.05) is 18.5 Å². The summed E-state index contributed by atoms with van der Waals surface area (Å²) in [7, 11) is -3.80. The lowest BCUT2D eigenvalue weighted by molar-refractivity contribution is -0.120. The summed E-state index contributed by atoms with van der Waals surface area (Å²) in [5.74, 6) is -0.644. The largest absolute Gasteiger partial charge is 0.482 e. The Morgan fingerprint density at radius 3 is 2.67 bits per heavy atom. The zero-order valence-electron chi connectivity index (χ0n) is 13.2. The number of hydrogen-bond acceptors (Lipinski definition) is 5. The number of benzene rings is 1. The summed E-state index contributed by atoms with van der Waals surface area (Å²) in [5.41, 5.74) is 10.5. The third-order valence-electron chi connectivity index (χ3n) is 3.91. The molecule has 1 saturated heterocycles. The zero-order valence-corrected chi connectivity index (χ0v) is 15.6. The average Bonchev–Trinajstić information content (AvgIpc) is 2.90. The van der Waals surface area contributed by atoms with Crippen molar-refractivity contribution in [3.8, 4) is 5.75 Å². The highest BCUT2D eigenvalue weighted by atomic mass is 35.5. The van der Waals surface area contributed by atoms with Crippen molar-refractivity contribution in [2.24, 2.45) is 16.9 Å². The van der Waals surface area contributed by atoms with Gasteiger partial charge < -0.3 is 16.2 Å². The molecule has 1 aliphatic heterocycles. The van der Waals surface area contributed by atoms with E-state index in [1.165, 1.54) is 22.5 Å². The van der Waals surface area contributed by atoms with Gasteiger partial charge in [-0.15, -0.1) is 12.4 Å². The summed E-state index contributed by atoms with van der Waals surface area (Å²) >= 11 is 5.93. The third kappa shape index (κ3) is 4.52. The van der Waals surface area contributed by atoms with Crippen molar-refractivity contribution in [1.82, 2.24) is 4.31 Å². The highest BCUT2D eigenvalue weighted by molar-refractivity contribution is 7.89. The third-order valence-corrected chi connectivity index (χ3v) is 6.01. The van der Waals surface area contributed by atoms with E-state index in [9.17, 15) is 13.2 Å². The predicted molar refractivity (Wildman–Crippen MR) is 93.9 cm³/mol. The molecule has 4 N–H and O–H groups in total. The van der Waals surface area contributed by atoms with Crippen LogP contribution in [0.15, 0.2) is 23.1 Å². The maximum atomic E-state index is 12.9. The molecule has 0 saturated carbocycles. The topological polar surface area (TPSA) is 116 Å². The Labute approximate surface area is 152 Å². The molecular formula is C14H21Cl2N3O4S. The van der Waals surface area contributed by atoms with Gasteiger partial charge in [-0.3, -0.25) is 4.79 Å². The summed E-state index contributed by atoms with van der Waals surface area (Å²) < 4.78 is 32.4. The second-order valence-electron chi connectivity index (χ2n) is 5.95. The molecule has 24 heavy (non-hydrogen) atoms. The molecule has 1 fully saturated rings. The summed E-state index contributed by atoms with van der Waals surface area (Å²) in [4.78, 5) is 10.8. The molecule has 0 aromatic heterocycles. The number of carbonyl (C=O) groups is 1. The first kappa shape index (κ1) is 21.0. The van der Waals surface area contributed by atoms with Crippen LogP contribution in [0.5, 0.6) is 5.75 Å². The zero-order chi connectivity index (χ0) is 17.3. The van der Waals surface area contributed by atoms with Gasteiger partial charge in [-0.25, -0.2) is 8.42 Å². The van der Waals surface area contributed by atoms with Gasteiger partial charge in [0.1, 0.15) is 10.6 Å². The van der Waals surface area contributed by atoms with Gasteiger partial charge in [-0.2, -0.15) is 4.31 Å². The molecule has 1 heterocycles. The maximum absolute atomic E-state index is 12.9. The molecule has 2 rings (SSSR count). The first-order chi connectivity index (χ1) is 10.7. The number of primary amides is 1. The predicted octanol–water partition coefficient (Wildman–Crippen LogP) is 0.985. The molecule has 1 atom stereocenters. The Morgan fingerprint density at radius 2 is 2.12 bits per heavy atom. The normalized spacial score (nSPS) is 21.3. The monoisotopic (exact) mass is 397 g/mol. The lowest BCUT2D eigenvalue weighted by atomic mass is 9.90. The van der Waals surface area contributed by atoms with Crippen LogP contribution in [0.1, 0.15) is 13.3 Å². The van der Waals surface area contributed by atoms with Gasteiger partial charge in [0.2, 0.25) is 10.0 Å². The Balaban J connectivity index is 0.00000288. The number of nitrogens with zero attached hydrogens (tertiary/aromatic N) is 1. The van der Waals surface area contributed by atoms with E-state index in [0.717, 1.165) is 0 Å². The van der Waals surface area contributed by atoms with Crippen LogP contribution >= 0.6 is 24.0 Å². The number of halogens is 2. The van der Waals surface area contributed by atoms with E-state index in [4.69, 9.17) is 27.8 Å². The van der Waals surface area contributed by atoms with Crippen molar-refractivity contribution in [2.75, 3.05) is 26.2 Å². The highest BCUT2D eigenvalue weighted by Gasteiger charge is 2.40. The molecule has 0 bridgehead atoms. The SMILES string of the molecule is CC1(CN)CCN(S(=O)(=O)c2cc(Cl)ccc2OCC(N)=O)C1.Cl. The summed E-state index contributed by atoms with van der Waals surface area (Å²) in [5, 5.41) is 0.260. The minimum absolute atomic E-state index is 0. The molecule has 1 aromatic carbocycles. The molecular weight excluding hydrogens is 377 g/mol. The van der Waals surface area contributed by atoms with Crippen LogP contribution in [0.4, 0.5) is 0 Å². The molecule has 7 nitrogen and oxygen atoms in total. The second kappa shape index (κ2) is 7.88. The number of rotatable bonds is 6. The minimum atomic E-state index is -3.80. The number of carbonyl (C=O) groups excluding carboxylic acids is 1. The number of nitrogens with two attached hydrogens (primary N) is 2. The highest BCUT2D eigenvalue weighted by Crippen LogP contribution is 2.36. The molecule has 1 unspecified atom stereocenters. The van der Waals surface area contributed by atoms with E-state index in [-0.39, 0.29) is 33.5 Å². The number of amides is 1. The molecule has 0 spiro atoms. The van der Waals surface area contributed by atoms with Gasteiger partial charge >= 0.3 is 0 Å². The van der Waals surface area contributed by atoms with Crippen LogP contribution in [-0.4, -0.2) is 44.9 Å². The maximum Gasteiger partial charge on any atom is 0.255 e. The first-order valence-electron chi connectivity index (χ1n) is 7.09. The molecule has 1 amide bonds. The minimum Gasteiger partial charge on any atom is -0.482 e. The van der Waals surface area contributed by atoms with Crippen LogP contribution in [0.3, 0.4) is 0 Å². The fraction of sp³-hybridized carbons (Fsp3) is 0.500. The van der Waals surface area contributed by atoms with Crippen molar-refractivity contribution in [2.45, 2.75) is 18.2 Å². The van der Waals surface area contributed by atoms with E-state index < -0.39 is 22.5 Å². The van der Waals surface area contributed by atoms with E-state index in [1.54, 1.807) is 0 Å². The van der Waals surface area contributed by atoms with Crippen molar-refractivity contribution in [3.05, 3.63) is 23.2 Å². The lowest BCUT2D eigenvalue weighted by Crippen LogP contribution is -2.34. The Kier molecular flexibility index (Phi) is 6.89. The molecule has 136 valence electrons. The van der Waals surface area contributed by atoms with Crippen LogP contribution in [0, 0.1) is 5.41 Å². The van der Waals surface area contributed by atoms with Crippen molar-refractivity contribution >= 4 is 39.9 Å². The summed E-state index contributed by atoms with van der Waals surface area (Å²) in [6.07, 6.45) is 0.681. The summed E-state index contributed by atoms with van der Waals surface area (Å²) in [6.45, 7) is 2.64. The molecule has 0 radical (unpaired) electrons. The van der Waals surface area contributed by atoms with E-state index in [2.05, 4.69) is 0 Å². The fourth-order valence-corrected chi connectivity index (χ4v) is 4.43. The quantitative estimate of drug-likeness (QED) is 0.741. The first-order valence-corrected chi connectivity index (χ1v) is 8.91. The van der Waals surface area contributed by atoms with Gasteiger partial charge in [-0.05, 0) is 36.6 Å². The van der Waals surface area contributed by atoms with Gasteiger partial charge in [0, 0.05) is 18.1 Å². The van der Waals surface area contributed by atoms with Crippen molar-refractivity contribution in [1.29, 1.82) is 0 Å². The van der Waals surface area contributed by atoms with E-state index in [0.29, 0.717) is 26.1 Å². The van der Waals surface area contributed by atoms with E-state index >= 15 is 0 Å². The van der Waals surface area contributed by atoms with Gasteiger partial charge in [0.05, 0.1) is 0 Å². The van der Waals surface area contributed by atoms with E-state index in [1.807, 2.05) is 6.92 Å². The fourth-order valence-electron chi connectivity index (χ4n) is 2.44. The average molecular weight is 398 g/mol.